The van der Waals surface area contributed by atoms with Crippen molar-refractivity contribution in [3.05, 3.63) is 59.7 Å². The molecule has 3 heteroatoms. The number of unbranched alkanes of at least 4 members (excludes halogenated alkanes) is 37. The van der Waals surface area contributed by atoms with Gasteiger partial charge >= 0.3 is 0 Å². The number of aliphatic imine (C=N–C) groups is 2. The molecule has 0 bridgehead atoms. The van der Waals surface area contributed by atoms with Gasteiger partial charge in [-0.1, -0.05) is 283 Å². The Morgan fingerprint density at radius 3 is 0.797 bits per heavy atom. The molecule has 0 radical (unpaired) electrons. The topological polar surface area (TPSA) is 24.7 Å². The smallest absolute Gasteiger partial charge is 0.0633 e. The van der Waals surface area contributed by atoms with E-state index in [1.165, 1.54) is 274 Å². The molecular weight excluding hydrogens is 819 g/mol. The van der Waals surface area contributed by atoms with Crippen molar-refractivity contribution in [1.82, 2.24) is 0 Å². The molecule has 2 aromatic carbocycles. The maximum Gasteiger partial charge on any atom is 0.0633 e. The zero-order chi connectivity index (χ0) is 44.9. The van der Waals surface area contributed by atoms with Crippen molar-refractivity contribution in [3.63, 3.8) is 0 Å². The second kappa shape index (κ2) is 46.4. The molecule has 0 aliphatic carbocycles. The molecule has 0 fully saturated rings. The molecule has 2 nitrogen and oxygen atoms in total. The Hall–Kier alpha value is -1.73. The molecule has 0 atom stereocenters. The van der Waals surface area contributed by atoms with E-state index >= 15 is 0 Å². The molecule has 0 aromatic heterocycles. The van der Waals surface area contributed by atoms with Gasteiger partial charge < -0.3 is 0 Å². The van der Waals surface area contributed by atoms with E-state index in [0.717, 1.165) is 35.6 Å². The summed E-state index contributed by atoms with van der Waals surface area (Å²) >= 11 is 0. The van der Waals surface area contributed by atoms with Crippen molar-refractivity contribution in [1.29, 1.82) is 0 Å². The van der Waals surface area contributed by atoms with Gasteiger partial charge in [0.25, 0.3) is 0 Å². The zero-order valence-electron chi connectivity index (χ0n) is 43.2. The van der Waals surface area contributed by atoms with Gasteiger partial charge in [-0.3, -0.25) is 9.98 Å². The molecule has 0 aliphatic heterocycles. The summed E-state index contributed by atoms with van der Waals surface area (Å²) in [5.41, 5.74) is 7.17. The Morgan fingerprint density at radius 2 is 0.531 bits per heavy atom. The van der Waals surface area contributed by atoms with Crippen molar-refractivity contribution < 1.29 is 16.5 Å². The third-order valence-electron chi connectivity index (χ3n) is 13.8. The molecule has 0 N–H and O–H groups in total. The van der Waals surface area contributed by atoms with Gasteiger partial charge in [-0.25, -0.2) is 0 Å². The molecule has 2 rings (SSSR count). The minimum absolute atomic E-state index is 0. The van der Waals surface area contributed by atoms with Crippen molar-refractivity contribution in [2.45, 2.75) is 304 Å². The molecule has 0 aliphatic rings. The van der Waals surface area contributed by atoms with Crippen LogP contribution in [0, 0.1) is 0 Å². The predicted molar refractivity (Wildman–Crippen MR) is 286 cm³/mol. The van der Waals surface area contributed by atoms with Crippen LogP contribution in [0.1, 0.15) is 302 Å². The van der Waals surface area contributed by atoms with Crippen LogP contribution in [0.15, 0.2) is 58.5 Å². The number of hydrogen-bond acceptors (Lipinski definition) is 2. The third-order valence-corrected chi connectivity index (χ3v) is 13.8. The monoisotopic (exact) mass is 925 g/mol. The fourth-order valence-electron chi connectivity index (χ4n) is 9.37. The van der Waals surface area contributed by atoms with Crippen LogP contribution in [0.2, 0.25) is 0 Å². The van der Waals surface area contributed by atoms with Gasteiger partial charge in [0.05, 0.1) is 22.8 Å². The fourth-order valence-corrected chi connectivity index (χ4v) is 9.37. The van der Waals surface area contributed by atoms with Gasteiger partial charge in [-0.05, 0) is 80.8 Å². The summed E-state index contributed by atoms with van der Waals surface area (Å²) in [6.45, 7) is 9.02. The average Bonchev–Trinajstić information content (AvgIpc) is 3.30. The number of aryl methyl sites for hydroxylation is 2. The Bertz CT molecular complexity index is 1310. The predicted octanol–water partition coefficient (Wildman–Crippen LogP) is 21.7. The summed E-state index contributed by atoms with van der Waals surface area (Å²) in [5.74, 6) is 0. The molecular formula is C61H106N2Ni. The first-order valence-electron chi connectivity index (χ1n) is 28.5. The van der Waals surface area contributed by atoms with Crippen LogP contribution < -0.4 is 0 Å². The second-order valence-corrected chi connectivity index (χ2v) is 19.9. The van der Waals surface area contributed by atoms with Crippen molar-refractivity contribution in [2.24, 2.45) is 9.98 Å². The van der Waals surface area contributed by atoms with Gasteiger partial charge in [0, 0.05) is 16.5 Å². The largest absolute Gasteiger partial charge is 0.252 e. The van der Waals surface area contributed by atoms with E-state index in [4.69, 9.17) is 9.98 Å². The summed E-state index contributed by atoms with van der Waals surface area (Å²) in [4.78, 5) is 10.2. The van der Waals surface area contributed by atoms with Crippen molar-refractivity contribution in [2.75, 3.05) is 0 Å². The van der Waals surface area contributed by atoms with E-state index in [2.05, 4.69) is 76.2 Å². The molecule has 0 saturated carbocycles. The molecule has 0 amide bonds. The summed E-state index contributed by atoms with van der Waals surface area (Å²) in [6.07, 6.45) is 60.1. The minimum Gasteiger partial charge on any atom is -0.252 e. The van der Waals surface area contributed by atoms with Crippen molar-refractivity contribution in [3.8, 4) is 0 Å². The maximum atomic E-state index is 5.14. The molecule has 370 valence electrons. The fraction of sp³-hybridized carbons (Fsp3) is 0.770. The normalized spacial score (nSPS) is 12.0. The number of rotatable bonds is 46. The van der Waals surface area contributed by atoms with E-state index < -0.39 is 0 Å². The van der Waals surface area contributed by atoms with E-state index in [0.29, 0.717) is 0 Å². The van der Waals surface area contributed by atoms with Crippen LogP contribution in [-0.2, 0) is 29.3 Å². The van der Waals surface area contributed by atoms with Crippen LogP contribution in [0.4, 0.5) is 11.4 Å². The molecule has 0 spiro atoms. The number of nitrogens with zero attached hydrogens (tertiary/aromatic N) is 2. The summed E-state index contributed by atoms with van der Waals surface area (Å²) < 4.78 is 0. The second-order valence-electron chi connectivity index (χ2n) is 19.9. The molecule has 0 saturated heterocycles. The summed E-state index contributed by atoms with van der Waals surface area (Å²) in [7, 11) is 0. The van der Waals surface area contributed by atoms with E-state index in [-0.39, 0.29) is 16.5 Å². The van der Waals surface area contributed by atoms with Gasteiger partial charge in [-0.2, -0.15) is 0 Å². The van der Waals surface area contributed by atoms with Crippen LogP contribution >= 0.6 is 0 Å². The SMILES string of the molecule is CCCCCCCCCCCCCCCCCCCCCc1ccc(N=C(C)C(CCCC)=Nc2ccc(CCCCCCCCCCCCCCCCCCCCC)cc2)cc1.[Ni]. The first kappa shape index (κ1) is 60.3. The van der Waals surface area contributed by atoms with Gasteiger partial charge in [0.2, 0.25) is 0 Å². The quantitative estimate of drug-likeness (QED) is 0.0359. The Kier molecular flexibility index (Phi) is 43.7. The van der Waals surface area contributed by atoms with Crippen LogP contribution in [-0.4, -0.2) is 11.4 Å². The number of hydrogen-bond donors (Lipinski definition) is 0. The van der Waals surface area contributed by atoms with E-state index in [9.17, 15) is 0 Å². The van der Waals surface area contributed by atoms with Crippen LogP contribution in [0.25, 0.3) is 0 Å². The third kappa shape index (κ3) is 36.4. The van der Waals surface area contributed by atoms with E-state index in [1.54, 1.807) is 0 Å². The zero-order valence-corrected chi connectivity index (χ0v) is 44.2. The molecule has 64 heavy (non-hydrogen) atoms. The molecule has 2 aromatic rings. The Morgan fingerprint density at radius 1 is 0.297 bits per heavy atom. The van der Waals surface area contributed by atoms with Crippen molar-refractivity contribution >= 4 is 22.8 Å². The van der Waals surface area contributed by atoms with Gasteiger partial charge in [-0.15, -0.1) is 0 Å². The first-order valence-corrected chi connectivity index (χ1v) is 28.5. The Balaban J connectivity index is 0.0000205. The molecule has 0 heterocycles. The minimum atomic E-state index is 0. The summed E-state index contributed by atoms with van der Waals surface area (Å²) in [5, 5.41) is 0. The van der Waals surface area contributed by atoms with Crippen LogP contribution in [0.3, 0.4) is 0 Å². The number of benzene rings is 2. The summed E-state index contributed by atoms with van der Waals surface area (Å²) in [6, 6.07) is 18.1. The standard InChI is InChI=1S/C61H106N2.Ni/c1-5-8-11-13-15-17-19-21-23-25-27-29-31-33-35-37-39-41-43-45-57-48-52-59(53-49-57)62-56(4)61(47-10-7-3)63-60-54-50-58(51-55-60)46-44-42-40-38-36-34-32-30-28-26-24-22-20-18-16-14-12-9-6-2;/h48-55H,5-47H2,1-4H3;. The van der Waals surface area contributed by atoms with Gasteiger partial charge in [0.15, 0.2) is 0 Å². The maximum absolute atomic E-state index is 5.14. The Labute approximate surface area is 410 Å². The average molecular weight is 926 g/mol. The molecule has 0 unspecified atom stereocenters. The first-order chi connectivity index (χ1) is 31.2. The van der Waals surface area contributed by atoms with Gasteiger partial charge in [0.1, 0.15) is 0 Å². The van der Waals surface area contributed by atoms with Crippen LogP contribution in [0.5, 0.6) is 0 Å². The van der Waals surface area contributed by atoms with E-state index in [1.807, 2.05) is 0 Å².